The Kier molecular flexibility index (Phi) is 5.30. The monoisotopic (exact) mass is 266 g/mol. The maximum atomic E-state index is 11.2. The second-order valence-corrected chi connectivity index (χ2v) is 3.60. The second kappa shape index (κ2) is 6.97. The fourth-order valence-corrected chi connectivity index (χ4v) is 1.17. The Hall–Kier alpha value is -2.61. The maximum absolute atomic E-state index is 11.2. The van der Waals surface area contributed by atoms with Gasteiger partial charge in [0.2, 0.25) is 11.8 Å². The van der Waals surface area contributed by atoms with Gasteiger partial charge in [-0.2, -0.15) is 5.10 Å². The Morgan fingerprint density at radius 2 is 1.95 bits per heavy atom. The molecule has 2 amide bonds. The van der Waals surface area contributed by atoms with Gasteiger partial charge in [-0.15, -0.1) is 0 Å². The molecule has 6 N–H and O–H groups in total. The van der Waals surface area contributed by atoms with Gasteiger partial charge in [0.1, 0.15) is 11.5 Å². The number of hydrazine groups is 1. The lowest BCUT2D eigenvalue weighted by Gasteiger charge is -2.00. The van der Waals surface area contributed by atoms with Crippen molar-refractivity contribution in [2.24, 2.45) is 10.9 Å². The zero-order valence-corrected chi connectivity index (χ0v) is 9.96. The standard InChI is InChI=1S/C11H14N4O4/c12-14-10(18)3-4-11(19)15-13-6-7-1-2-8(16)5-9(7)17/h1-2,5-6,16-17H,3-4,12H2,(H,14,18)(H,15,19)/b13-6+. The molecular formula is C11H14N4O4. The number of hydrazone groups is 1. The summed E-state index contributed by atoms with van der Waals surface area (Å²) in [7, 11) is 0. The first kappa shape index (κ1) is 14.5. The number of phenols is 2. The number of phenolic OH excluding ortho intramolecular Hbond substituents is 2. The molecule has 0 spiro atoms. The van der Waals surface area contributed by atoms with Gasteiger partial charge in [-0.1, -0.05) is 0 Å². The number of amides is 2. The van der Waals surface area contributed by atoms with Gasteiger partial charge in [-0.3, -0.25) is 15.0 Å². The molecule has 0 aliphatic rings. The highest BCUT2D eigenvalue weighted by Crippen LogP contribution is 2.20. The highest BCUT2D eigenvalue weighted by atomic mass is 16.3. The maximum Gasteiger partial charge on any atom is 0.240 e. The third-order valence-corrected chi connectivity index (χ3v) is 2.15. The normalized spacial score (nSPS) is 10.4. The molecule has 8 heteroatoms. The minimum absolute atomic E-state index is 0.0394. The number of rotatable bonds is 5. The van der Waals surface area contributed by atoms with E-state index in [-0.39, 0.29) is 24.3 Å². The van der Waals surface area contributed by atoms with E-state index in [1.807, 2.05) is 5.43 Å². The van der Waals surface area contributed by atoms with E-state index in [1.54, 1.807) is 0 Å². The van der Waals surface area contributed by atoms with Crippen molar-refractivity contribution in [3.05, 3.63) is 23.8 Å². The van der Waals surface area contributed by atoms with Crippen molar-refractivity contribution in [3.8, 4) is 11.5 Å². The lowest BCUT2D eigenvalue weighted by molar-refractivity contribution is -0.126. The lowest BCUT2D eigenvalue weighted by atomic mass is 10.2. The molecule has 0 aliphatic carbocycles. The number of nitrogens with zero attached hydrogens (tertiary/aromatic N) is 1. The number of aromatic hydroxyl groups is 2. The zero-order chi connectivity index (χ0) is 14.3. The van der Waals surface area contributed by atoms with E-state index in [0.717, 1.165) is 6.07 Å². The molecular weight excluding hydrogens is 252 g/mol. The first-order valence-corrected chi connectivity index (χ1v) is 5.36. The van der Waals surface area contributed by atoms with Crippen molar-refractivity contribution in [3.63, 3.8) is 0 Å². The van der Waals surface area contributed by atoms with E-state index in [2.05, 4.69) is 10.5 Å². The van der Waals surface area contributed by atoms with Gasteiger partial charge in [-0.25, -0.2) is 11.3 Å². The summed E-state index contributed by atoms with van der Waals surface area (Å²) in [5, 5.41) is 22.1. The van der Waals surface area contributed by atoms with Gasteiger partial charge in [0.05, 0.1) is 6.21 Å². The summed E-state index contributed by atoms with van der Waals surface area (Å²) in [5.41, 5.74) is 4.42. The summed E-state index contributed by atoms with van der Waals surface area (Å²) < 4.78 is 0. The Bertz CT molecular complexity index is 501. The average Bonchev–Trinajstić information content (AvgIpc) is 2.38. The highest BCUT2D eigenvalue weighted by molar-refractivity contribution is 5.86. The van der Waals surface area contributed by atoms with Gasteiger partial charge < -0.3 is 10.2 Å². The van der Waals surface area contributed by atoms with Gasteiger partial charge in [0, 0.05) is 24.5 Å². The molecule has 102 valence electrons. The van der Waals surface area contributed by atoms with Crippen molar-refractivity contribution >= 4 is 18.0 Å². The Labute approximate surface area is 108 Å². The van der Waals surface area contributed by atoms with E-state index in [9.17, 15) is 14.7 Å². The Morgan fingerprint density at radius 1 is 1.26 bits per heavy atom. The molecule has 1 aromatic carbocycles. The van der Waals surface area contributed by atoms with Crippen molar-refractivity contribution < 1.29 is 19.8 Å². The highest BCUT2D eigenvalue weighted by Gasteiger charge is 2.04. The van der Waals surface area contributed by atoms with E-state index in [4.69, 9.17) is 10.9 Å². The van der Waals surface area contributed by atoms with Crippen LogP contribution in [0.3, 0.4) is 0 Å². The summed E-state index contributed by atoms with van der Waals surface area (Å²) in [6, 6.07) is 3.95. The van der Waals surface area contributed by atoms with Gasteiger partial charge in [0.25, 0.3) is 0 Å². The third kappa shape index (κ3) is 5.04. The van der Waals surface area contributed by atoms with Crippen LogP contribution < -0.4 is 16.7 Å². The minimum atomic E-state index is -0.460. The zero-order valence-electron chi connectivity index (χ0n) is 9.96. The Balaban J connectivity index is 2.45. The predicted octanol–water partition coefficient (Wildman–Crippen LogP) is -0.682. The molecule has 0 saturated carbocycles. The van der Waals surface area contributed by atoms with Crippen LogP contribution in [0.15, 0.2) is 23.3 Å². The molecule has 0 saturated heterocycles. The summed E-state index contributed by atoms with van der Waals surface area (Å²) in [6.45, 7) is 0. The quantitative estimate of drug-likeness (QED) is 0.208. The number of hydrogen-bond donors (Lipinski definition) is 5. The van der Waals surface area contributed by atoms with Crippen LogP contribution in [0.5, 0.6) is 11.5 Å². The molecule has 0 aromatic heterocycles. The molecule has 19 heavy (non-hydrogen) atoms. The molecule has 1 rings (SSSR count). The van der Waals surface area contributed by atoms with Crippen molar-refractivity contribution in [1.29, 1.82) is 0 Å². The van der Waals surface area contributed by atoms with E-state index in [0.29, 0.717) is 5.56 Å². The molecule has 8 nitrogen and oxygen atoms in total. The fraction of sp³-hybridized carbons (Fsp3) is 0.182. The predicted molar refractivity (Wildman–Crippen MR) is 67.1 cm³/mol. The minimum Gasteiger partial charge on any atom is -0.508 e. The number of carbonyl (C=O) groups is 2. The summed E-state index contributed by atoms with van der Waals surface area (Å²) in [6.07, 6.45) is 1.12. The van der Waals surface area contributed by atoms with Crippen LogP contribution >= 0.6 is 0 Å². The second-order valence-electron chi connectivity index (χ2n) is 3.60. The van der Waals surface area contributed by atoms with Crippen LogP contribution in [0.25, 0.3) is 0 Å². The van der Waals surface area contributed by atoms with Gasteiger partial charge in [0.15, 0.2) is 0 Å². The van der Waals surface area contributed by atoms with Gasteiger partial charge in [-0.05, 0) is 12.1 Å². The SMILES string of the molecule is NNC(=O)CCC(=O)N/N=C/c1ccc(O)cc1O. The van der Waals surface area contributed by atoms with Gasteiger partial charge >= 0.3 is 0 Å². The summed E-state index contributed by atoms with van der Waals surface area (Å²) in [4.78, 5) is 22.0. The molecule has 0 fully saturated rings. The molecule has 1 aromatic rings. The molecule has 0 unspecified atom stereocenters. The number of carbonyl (C=O) groups excluding carboxylic acids is 2. The molecule has 0 atom stereocenters. The van der Waals surface area contributed by atoms with Crippen LogP contribution in [0.1, 0.15) is 18.4 Å². The van der Waals surface area contributed by atoms with Crippen LogP contribution in [-0.4, -0.2) is 28.2 Å². The summed E-state index contributed by atoms with van der Waals surface area (Å²) in [5.74, 6) is 3.70. The van der Waals surface area contributed by atoms with Crippen molar-refractivity contribution in [2.75, 3.05) is 0 Å². The van der Waals surface area contributed by atoms with Crippen LogP contribution in [0.4, 0.5) is 0 Å². The fourth-order valence-electron chi connectivity index (χ4n) is 1.17. The molecule has 0 bridgehead atoms. The van der Waals surface area contributed by atoms with Crippen molar-refractivity contribution in [2.45, 2.75) is 12.8 Å². The number of benzene rings is 1. The molecule has 0 heterocycles. The first-order valence-electron chi connectivity index (χ1n) is 5.36. The Morgan fingerprint density at radius 3 is 2.58 bits per heavy atom. The molecule has 0 aliphatic heterocycles. The van der Waals surface area contributed by atoms with Crippen LogP contribution in [0, 0.1) is 0 Å². The van der Waals surface area contributed by atoms with E-state index in [1.165, 1.54) is 18.3 Å². The summed E-state index contributed by atoms with van der Waals surface area (Å²) >= 11 is 0. The number of nitrogens with one attached hydrogen (secondary N) is 2. The first-order chi connectivity index (χ1) is 9.02. The topological polar surface area (TPSA) is 137 Å². The van der Waals surface area contributed by atoms with Crippen LogP contribution in [0.2, 0.25) is 0 Å². The van der Waals surface area contributed by atoms with E-state index >= 15 is 0 Å². The smallest absolute Gasteiger partial charge is 0.240 e. The lowest BCUT2D eigenvalue weighted by Crippen LogP contribution is -2.31. The van der Waals surface area contributed by atoms with Crippen LogP contribution in [-0.2, 0) is 9.59 Å². The van der Waals surface area contributed by atoms with E-state index < -0.39 is 11.8 Å². The third-order valence-electron chi connectivity index (χ3n) is 2.15. The average molecular weight is 266 g/mol. The molecule has 0 radical (unpaired) electrons. The van der Waals surface area contributed by atoms with Crippen molar-refractivity contribution in [1.82, 2.24) is 10.9 Å². The number of hydrogen-bond acceptors (Lipinski definition) is 6. The number of nitrogens with two attached hydrogens (primary N) is 1. The largest absolute Gasteiger partial charge is 0.508 e.